The number of rotatable bonds is 8. The molecular formula is C22H23N3O3S. The zero-order chi connectivity index (χ0) is 20.6. The first-order valence-electron chi connectivity index (χ1n) is 9.40. The monoisotopic (exact) mass is 409 g/mol. The van der Waals surface area contributed by atoms with Crippen LogP contribution in [0.3, 0.4) is 0 Å². The predicted molar refractivity (Wildman–Crippen MR) is 112 cm³/mol. The lowest BCUT2D eigenvalue weighted by molar-refractivity contribution is -0.154. The Kier molecular flexibility index (Phi) is 7.08. The van der Waals surface area contributed by atoms with E-state index in [2.05, 4.69) is 15.3 Å². The molecule has 150 valence electrons. The van der Waals surface area contributed by atoms with Gasteiger partial charge in [-0.05, 0) is 30.5 Å². The van der Waals surface area contributed by atoms with Gasteiger partial charge >= 0.3 is 5.97 Å². The molecule has 0 spiro atoms. The number of benzene rings is 1. The van der Waals surface area contributed by atoms with Gasteiger partial charge < -0.3 is 10.1 Å². The molecule has 0 saturated heterocycles. The Bertz CT molecular complexity index is 944. The first-order chi connectivity index (χ1) is 14.0. The molecule has 3 rings (SSSR count). The Morgan fingerprint density at radius 3 is 2.66 bits per heavy atom. The van der Waals surface area contributed by atoms with Gasteiger partial charge in [0.25, 0.3) is 5.91 Å². The zero-order valence-electron chi connectivity index (χ0n) is 16.4. The van der Waals surface area contributed by atoms with Gasteiger partial charge in [0, 0.05) is 29.9 Å². The highest BCUT2D eigenvalue weighted by molar-refractivity contribution is 7.13. The molecule has 0 saturated carbocycles. The summed E-state index contributed by atoms with van der Waals surface area (Å²) in [6.45, 7) is 4.09. The molecule has 29 heavy (non-hydrogen) atoms. The minimum Gasteiger partial charge on any atom is -0.452 e. The Morgan fingerprint density at radius 1 is 1.14 bits per heavy atom. The van der Waals surface area contributed by atoms with Crippen molar-refractivity contribution in [2.75, 3.05) is 6.54 Å². The molecule has 2 atom stereocenters. The average molecular weight is 410 g/mol. The van der Waals surface area contributed by atoms with Crippen LogP contribution in [0.2, 0.25) is 0 Å². The number of ether oxygens (including phenoxy) is 1. The van der Waals surface area contributed by atoms with Crippen LogP contribution in [0.25, 0.3) is 10.6 Å². The van der Waals surface area contributed by atoms with E-state index in [0.29, 0.717) is 12.2 Å². The van der Waals surface area contributed by atoms with E-state index in [1.165, 1.54) is 11.3 Å². The number of carbonyl (C=O) groups is 2. The number of thiazole rings is 1. The van der Waals surface area contributed by atoms with Crippen molar-refractivity contribution in [3.05, 3.63) is 71.5 Å². The Balaban J connectivity index is 1.46. The molecule has 1 N–H and O–H groups in total. The molecule has 0 bridgehead atoms. The largest absolute Gasteiger partial charge is 0.452 e. The van der Waals surface area contributed by atoms with Crippen molar-refractivity contribution >= 4 is 23.2 Å². The molecule has 0 aliphatic heterocycles. The van der Waals surface area contributed by atoms with Gasteiger partial charge in [-0.25, -0.2) is 4.98 Å². The summed E-state index contributed by atoms with van der Waals surface area (Å²) in [4.78, 5) is 32.9. The smallest absolute Gasteiger partial charge is 0.312 e. The summed E-state index contributed by atoms with van der Waals surface area (Å²) in [5, 5.41) is 5.45. The number of esters is 1. The van der Waals surface area contributed by atoms with Crippen molar-refractivity contribution in [2.24, 2.45) is 0 Å². The number of carbonyl (C=O) groups excluding carboxylic acids is 2. The topological polar surface area (TPSA) is 81.2 Å². The van der Waals surface area contributed by atoms with Crippen molar-refractivity contribution in [3.63, 3.8) is 0 Å². The molecule has 1 aromatic carbocycles. The van der Waals surface area contributed by atoms with Crippen molar-refractivity contribution in [1.82, 2.24) is 15.3 Å². The molecule has 0 aliphatic rings. The molecule has 0 fully saturated rings. The molecule has 2 aromatic heterocycles. The third kappa shape index (κ3) is 5.96. The van der Waals surface area contributed by atoms with E-state index in [1.54, 1.807) is 19.3 Å². The van der Waals surface area contributed by atoms with Crippen LogP contribution < -0.4 is 5.32 Å². The van der Waals surface area contributed by atoms with E-state index >= 15 is 0 Å². The normalized spacial score (nSPS) is 12.8. The first-order valence-corrected chi connectivity index (χ1v) is 10.3. The number of aromatic nitrogens is 2. The standard InChI is InChI=1S/C22H23N3O3S/c1-15(17-7-4-3-5-8-17)12-24-21(27)16(2)28-20(26)11-19-14-29-22(25-19)18-9-6-10-23-13-18/h3-10,13-16H,11-12H2,1-2H3,(H,24,27)/t15-,16+/m0/s1. The lowest BCUT2D eigenvalue weighted by atomic mass is 10.0. The molecule has 0 aliphatic carbocycles. The van der Waals surface area contributed by atoms with Crippen LogP contribution in [0.4, 0.5) is 0 Å². The highest BCUT2D eigenvalue weighted by atomic mass is 32.1. The van der Waals surface area contributed by atoms with Gasteiger partial charge in [-0.3, -0.25) is 14.6 Å². The Labute approximate surface area is 174 Å². The number of hydrogen-bond donors (Lipinski definition) is 1. The highest BCUT2D eigenvalue weighted by Gasteiger charge is 2.19. The van der Waals surface area contributed by atoms with Crippen LogP contribution >= 0.6 is 11.3 Å². The van der Waals surface area contributed by atoms with Gasteiger partial charge in [-0.15, -0.1) is 11.3 Å². The number of nitrogens with zero attached hydrogens (tertiary/aromatic N) is 2. The number of pyridine rings is 1. The summed E-state index contributed by atoms with van der Waals surface area (Å²) in [5.74, 6) is -0.619. The third-order valence-electron chi connectivity index (χ3n) is 4.41. The van der Waals surface area contributed by atoms with Gasteiger partial charge in [0.1, 0.15) is 5.01 Å². The number of hydrogen-bond acceptors (Lipinski definition) is 6. The van der Waals surface area contributed by atoms with Gasteiger partial charge in [0.2, 0.25) is 0 Å². The predicted octanol–water partition coefficient (Wildman–Crippen LogP) is 3.60. The van der Waals surface area contributed by atoms with Crippen LogP contribution in [-0.2, 0) is 20.7 Å². The Morgan fingerprint density at radius 2 is 1.93 bits per heavy atom. The maximum Gasteiger partial charge on any atom is 0.312 e. The van der Waals surface area contributed by atoms with E-state index in [0.717, 1.165) is 16.1 Å². The maximum absolute atomic E-state index is 12.2. The Hall–Kier alpha value is -3.06. The fourth-order valence-electron chi connectivity index (χ4n) is 2.75. The van der Waals surface area contributed by atoms with Gasteiger partial charge in [0.05, 0.1) is 12.1 Å². The number of nitrogens with one attached hydrogen (secondary N) is 1. The quantitative estimate of drug-likeness (QED) is 0.575. The summed E-state index contributed by atoms with van der Waals surface area (Å²) in [6.07, 6.45) is 2.59. The second-order valence-electron chi connectivity index (χ2n) is 6.75. The summed E-state index contributed by atoms with van der Waals surface area (Å²) >= 11 is 1.44. The van der Waals surface area contributed by atoms with E-state index < -0.39 is 12.1 Å². The fourth-order valence-corrected chi connectivity index (χ4v) is 3.56. The molecule has 7 heteroatoms. The highest BCUT2D eigenvalue weighted by Crippen LogP contribution is 2.23. The van der Waals surface area contributed by atoms with E-state index in [1.807, 2.05) is 54.8 Å². The van der Waals surface area contributed by atoms with Gasteiger partial charge in [0.15, 0.2) is 6.10 Å². The van der Waals surface area contributed by atoms with Crippen molar-refractivity contribution in [2.45, 2.75) is 32.3 Å². The number of amides is 1. The third-order valence-corrected chi connectivity index (χ3v) is 5.35. The molecule has 2 heterocycles. The van der Waals surface area contributed by atoms with Gasteiger partial charge in [-0.1, -0.05) is 37.3 Å². The summed E-state index contributed by atoms with van der Waals surface area (Å²) < 4.78 is 5.27. The van der Waals surface area contributed by atoms with Crippen LogP contribution in [-0.4, -0.2) is 34.5 Å². The van der Waals surface area contributed by atoms with E-state index in [4.69, 9.17) is 4.74 Å². The molecular weight excluding hydrogens is 386 g/mol. The van der Waals surface area contributed by atoms with Crippen LogP contribution in [0.5, 0.6) is 0 Å². The van der Waals surface area contributed by atoms with Gasteiger partial charge in [-0.2, -0.15) is 0 Å². The summed E-state index contributed by atoms with van der Waals surface area (Å²) in [7, 11) is 0. The second kappa shape index (κ2) is 9.93. The lowest BCUT2D eigenvalue weighted by Gasteiger charge is -2.16. The summed E-state index contributed by atoms with van der Waals surface area (Å²) in [6, 6.07) is 13.7. The first kappa shape index (κ1) is 20.7. The molecule has 0 unspecified atom stereocenters. The van der Waals surface area contributed by atoms with Crippen LogP contribution in [0, 0.1) is 0 Å². The van der Waals surface area contributed by atoms with Crippen molar-refractivity contribution in [1.29, 1.82) is 0 Å². The van der Waals surface area contributed by atoms with E-state index in [-0.39, 0.29) is 18.2 Å². The lowest BCUT2D eigenvalue weighted by Crippen LogP contribution is -2.37. The minimum absolute atomic E-state index is 0.0226. The van der Waals surface area contributed by atoms with Crippen molar-refractivity contribution < 1.29 is 14.3 Å². The summed E-state index contributed by atoms with van der Waals surface area (Å²) in [5.41, 5.74) is 2.66. The zero-order valence-corrected chi connectivity index (χ0v) is 17.2. The molecule has 1 amide bonds. The molecule has 3 aromatic rings. The fraction of sp³-hybridized carbons (Fsp3) is 0.273. The minimum atomic E-state index is -0.859. The maximum atomic E-state index is 12.2. The second-order valence-corrected chi connectivity index (χ2v) is 7.61. The molecule has 6 nitrogen and oxygen atoms in total. The van der Waals surface area contributed by atoms with Crippen LogP contribution in [0.15, 0.2) is 60.2 Å². The SMILES string of the molecule is C[C@@H](OC(=O)Cc1csc(-c2cccnc2)n1)C(=O)NC[C@H](C)c1ccccc1. The van der Waals surface area contributed by atoms with Crippen molar-refractivity contribution in [3.8, 4) is 10.6 Å². The van der Waals surface area contributed by atoms with E-state index in [9.17, 15) is 9.59 Å². The average Bonchev–Trinajstić information content (AvgIpc) is 3.21. The molecule has 0 radical (unpaired) electrons. The van der Waals surface area contributed by atoms with Crippen LogP contribution in [0.1, 0.15) is 31.0 Å².